The van der Waals surface area contributed by atoms with Crippen molar-refractivity contribution in [3.63, 3.8) is 0 Å². The highest BCUT2D eigenvalue weighted by Crippen LogP contribution is 2.18. The molecule has 15 heavy (non-hydrogen) atoms. The summed E-state index contributed by atoms with van der Waals surface area (Å²) in [6.45, 7) is 1.09. The van der Waals surface area contributed by atoms with E-state index in [2.05, 4.69) is 6.07 Å². The third-order valence-electron chi connectivity index (χ3n) is 2.34. The van der Waals surface area contributed by atoms with Crippen molar-refractivity contribution in [3.8, 4) is 6.07 Å². The highest BCUT2D eigenvalue weighted by Gasteiger charge is 2.05. The molecule has 0 aliphatic heterocycles. The minimum Gasteiger partial charge on any atom is -0.396 e. The van der Waals surface area contributed by atoms with Gasteiger partial charge in [0.05, 0.1) is 11.3 Å². The number of nitrogens with zero attached hydrogens (tertiary/aromatic N) is 2. The molecule has 1 aromatic rings. The van der Waals surface area contributed by atoms with Gasteiger partial charge in [-0.2, -0.15) is 5.26 Å². The number of nitriles is 1. The molecular weight excluding hydrogens is 188 g/mol. The van der Waals surface area contributed by atoms with E-state index in [0.29, 0.717) is 5.56 Å². The Morgan fingerprint density at radius 2 is 2.07 bits per heavy atom. The van der Waals surface area contributed by atoms with Crippen molar-refractivity contribution in [2.75, 3.05) is 25.1 Å². The topological polar surface area (TPSA) is 47.3 Å². The van der Waals surface area contributed by atoms with E-state index in [1.165, 1.54) is 0 Å². The summed E-state index contributed by atoms with van der Waals surface area (Å²) in [6.07, 6.45) is 1.74. The first kappa shape index (κ1) is 11.5. The van der Waals surface area contributed by atoms with E-state index in [9.17, 15) is 0 Å². The van der Waals surface area contributed by atoms with Gasteiger partial charge < -0.3 is 10.0 Å². The van der Waals surface area contributed by atoms with Gasteiger partial charge in [-0.1, -0.05) is 12.1 Å². The number of rotatable bonds is 5. The Balaban J connectivity index is 2.65. The van der Waals surface area contributed by atoms with E-state index >= 15 is 0 Å². The molecule has 0 heterocycles. The average molecular weight is 204 g/mol. The molecular formula is C12H16N2O. The van der Waals surface area contributed by atoms with Crippen molar-refractivity contribution < 1.29 is 5.11 Å². The van der Waals surface area contributed by atoms with E-state index in [1.807, 2.05) is 36.2 Å². The van der Waals surface area contributed by atoms with Crippen LogP contribution >= 0.6 is 0 Å². The van der Waals surface area contributed by atoms with Gasteiger partial charge in [0.1, 0.15) is 6.07 Å². The number of aliphatic hydroxyl groups excluding tert-OH is 1. The van der Waals surface area contributed by atoms with Gasteiger partial charge in [-0.25, -0.2) is 0 Å². The summed E-state index contributed by atoms with van der Waals surface area (Å²) in [4.78, 5) is 2.05. The summed E-state index contributed by atoms with van der Waals surface area (Å²) >= 11 is 0. The van der Waals surface area contributed by atoms with Crippen LogP contribution in [-0.2, 0) is 0 Å². The molecule has 0 spiro atoms. The number of hydrogen-bond acceptors (Lipinski definition) is 3. The Morgan fingerprint density at radius 1 is 1.33 bits per heavy atom. The molecule has 0 saturated heterocycles. The van der Waals surface area contributed by atoms with Gasteiger partial charge in [0.25, 0.3) is 0 Å². The zero-order valence-electron chi connectivity index (χ0n) is 8.98. The summed E-state index contributed by atoms with van der Waals surface area (Å²) in [7, 11) is 1.97. The van der Waals surface area contributed by atoms with Gasteiger partial charge in [-0.3, -0.25) is 0 Å². The fourth-order valence-electron chi connectivity index (χ4n) is 1.48. The zero-order chi connectivity index (χ0) is 11.1. The van der Waals surface area contributed by atoms with E-state index in [-0.39, 0.29) is 6.61 Å². The monoisotopic (exact) mass is 204 g/mol. The lowest BCUT2D eigenvalue weighted by Gasteiger charge is -2.19. The van der Waals surface area contributed by atoms with E-state index in [4.69, 9.17) is 10.4 Å². The Bertz CT molecular complexity index is 344. The van der Waals surface area contributed by atoms with Gasteiger partial charge in [0, 0.05) is 20.2 Å². The normalized spacial score (nSPS) is 9.67. The summed E-state index contributed by atoms with van der Waals surface area (Å²) in [5.74, 6) is 0. The Morgan fingerprint density at radius 3 is 2.73 bits per heavy atom. The SMILES string of the molecule is CN(CCCCO)c1ccccc1C#N. The Labute approximate surface area is 90.6 Å². The fraction of sp³-hybridized carbons (Fsp3) is 0.417. The molecule has 0 aromatic heterocycles. The molecule has 0 fully saturated rings. The second-order valence-corrected chi connectivity index (χ2v) is 3.48. The van der Waals surface area contributed by atoms with Crippen LogP contribution in [0.4, 0.5) is 5.69 Å². The van der Waals surface area contributed by atoms with Crippen molar-refractivity contribution in [2.24, 2.45) is 0 Å². The molecule has 0 aliphatic rings. The summed E-state index contributed by atoms with van der Waals surface area (Å²) < 4.78 is 0. The van der Waals surface area contributed by atoms with Crippen molar-refractivity contribution in [2.45, 2.75) is 12.8 Å². The van der Waals surface area contributed by atoms with Gasteiger partial charge in [-0.05, 0) is 25.0 Å². The molecule has 0 bridgehead atoms. The molecule has 3 nitrogen and oxygen atoms in total. The molecule has 0 saturated carbocycles. The number of unbranched alkanes of at least 4 members (excludes halogenated alkanes) is 1. The highest BCUT2D eigenvalue weighted by molar-refractivity contribution is 5.58. The number of aliphatic hydroxyl groups is 1. The lowest BCUT2D eigenvalue weighted by molar-refractivity contribution is 0.285. The van der Waals surface area contributed by atoms with Crippen LogP contribution in [-0.4, -0.2) is 25.3 Å². The maximum Gasteiger partial charge on any atom is 0.101 e. The minimum atomic E-state index is 0.230. The van der Waals surface area contributed by atoms with Gasteiger partial charge in [-0.15, -0.1) is 0 Å². The highest BCUT2D eigenvalue weighted by atomic mass is 16.2. The van der Waals surface area contributed by atoms with Crippen LogP contribution in [0.5, 0.6) is 0 Å². The predicted molar refractivity (Wildman–Crippen MR) is 60.7 cm³/mol. The maximum absolute atomic E-state index is 8.92. The molecule has 0 atom stereocenters. The molecule has 0 aliphatic carbocycles. The van der Waals surface area contributed by atoms with E-state index in [1.54, 1.807) is 0 Å². The third kappa shape index (κ3) is 3.26. The van der Waals surface area contributed by atoms with Crippen LogP contribution in [0.15, 0.2) is 24.3 Å². The quantitative estimate of drug-likeness (QED) is 0.743. The van der Waals surface area contributed by atoms with E-state index in [0.717, 1.165) is 25.1 Å². The first-order chi connectivity index (χ1) is 7.29. The molecule has 0 unspecified atom stereocenters. The summed E-state index contributed by atoms with van der Waals surface area (Å²) in [6, 6.07) is 9.73. The second kappa shape index (κ2) is 6.05. The molecule has 1 N–H and O–H groups in total. The first-order valence-corrected chi connectivity index (χ1v) is 5.10. The smallest absolute Gasteiger partial charge is 0.101 e. The molecule has 0 amide bonds. The average Bonchev–Trinajstić information content (AvgIpc) is 2.29. The van der Waals surface area contributed by atoms with Gasteiger partial charge in [0.15, 0.2) is 0 Å². The number of anilines is 1. The molecule has 1 aromatic carbocycles. The standard InChI is InChI=1S/C12H16N2O/c1-14(8-4-5-9-15)12-7-3-2-6-11(12)10-13/h2-3,6-7,15H,4-5,8-9H2,1H3. The largest absolute Gasteiger partial charge is 0.396 e. The van der Waals surface area contributed by atoms with Crippen LogP contribution in [0.1, 0.15) is 18.4 Å². The zero-order valence-corrected chi connectivity index (χ0v) is 8.98. The van der Waals surface area contributed by atoms with E-state index < -0.39 is 0 Å². The number of para-hydroxylation sites is 1. The van der Waals surface area contributed by atoms with Crippen LogP contribution in [0.3, 0.4) is 0 Å². The lowest BCUT2D eigenvalue weighted by atomic mass is 10.1. The lowest BCUT2D eigenvalue weighted by Crippen LogP contribution is -2.19. The van der Waals surface area contributed by atoms with Crippen LogP contribution in [0.2, 0.25) is 0 Å². The van der Waals surface area contributed by atoms with Crippen LogP contribution < -0.4 is 4.90 Å². The molecule has 0 radical (unpaired) electrons. The van der Waals surface area contributed by atoms with Crippen molar-refractivity contribution >= 4 is 5.69 Å². The number of benzene rings is 1. The molecule has 80 valence electrons. The third-order valence-corrected chi connectivity index (χ3v) is 2.34. The summed E-state index contributed by atoms with van der Waals surface area (Å²) in [5.41, 5.74) is 1.65. The molecule has 3 heteroatoms. The van der Waals surface area contributed by atoms with Gasteiger partial charge in [0.2, 0.25) is 0 Å². The molecule has 1 rings (SSSR count). The summed E-state index contributed by atoms with van der Waals surface area (Å²) in [5, 5.41) is 17.6. The van der Waals surface area contributed by atoms with Crippen molar-refractivity contribution in [3.05, 3.63) is 29.8 Å². The predicted octanol–water partition coefficient (Wildman–Crippen LogP) is 1.77. The first-order valence-electron chi connectivity index (χ1n) is 5.10. The van der Waals surface area contributed by atoms with Gasteiger partial charge >= 0.3 is 0 Å². The van der Waals surface area contributed by atoms with Crippen LogP contribution in [0.25, 0.3) is 0 Å². The second-order valence-electron chi connectivity index (χ2n) is 3.48. The Kier molecular flexibility index (Phi) is 4.65. The maximum atomic E-state index is 8.92. The Hall–Kier alpha value is -1.53. The minimum absolute atomic E-state index is 0.230. The van der Waals surface area contributed by atoms with Crippen molar-refractivity contribution in [1.29, 1.82) is 5.26 Å². The van der Waals surface area contributed by atoms with Crippen LogP contribution in [0, 0.1) is 11.3 Å². The van der Waals surface area contributed by atoms with Crippen molar-refractivity contribution in [1.82, 2.24) is 0 Å². The fourth-order valence-corrected chi connectivity index (χ4v) is 1.48. The number of hydrogen-bond donors (Lipinski definition) is 1.